The molecule has 7 heteroatoms. The van der Waals surface area contributed by atoms with Gasteiger partial charge in [-0.1, -0.05) is 12.8 Å². The first kappa shape index (κ1) is 15.2. The van der Waals surface area contributed by atoms with Crippen LogP contribution in [-0.2, 0) is 9.53 Å². The predicted octanol–water partition coefficient (Wildman–Crippen LogP) is 0.250. The van der Waals surface area contributed by atoms with Gasteiger partial charge in [-0.2, -0.15) is 0 Å². The zero-order valence-electron chi connectivity index (χ0n) is 12.8. The minimum Gasteiger partial charge on any atom is -0.368 e. The Balaban J connectivity index is 1.76. The van der Waals surface area contributed by atoms with E-state index in [0.717, 1.165) is 25.7 Å². The second-order valence-corrected chi connectivity index (χ2v) is 6.23. The molecule has 2 fully saturated rings. The molecule has 0 spiro atoms. The lowest BCUT2D eigenvalue weighted by molar-refractivity contribution is -0.144. The van der Waals surface area contributed by atoms with Gasteiger partial charge in [0, 0.05) is 12.6 Å². The number of nitrogens with zero attached hydrogens (tertiary/aromatic N) is 2. The van der Waals surface area contributed by atoms with Crippen LogP contribution in [0.5, 0.6) is 0 Å². The van der Waals surface area contributed by atoms with Crippen molar-refractivity contribution in [2.24, 2.45) is 5.73 Å². The number of nitrogens with two attached hydrogens (primary N) is 1. The standard InChI is InChI=1S/C15H22N4O3/c1-10-17-11(8-13(20)18-10)12-9-19(6-7-22-12)14(21)15(16)4-2-3-5-15/h8,12H,2-7,9,16H2,1H3,(H,17,18,20)/t12-/m0/s1. The van der Waals surface area contributed by atoms with Gasteiger partial charge in [0.2, 0.25) is 5.91 Å². The van der Waals surface area contributed by atoms with Crippen molar-refractivity contribution >= 4 is 5.91 Å². The highest BCUT2D eigenvalue weighted by Crippen LogP contribution is 2.30. The molecule has 1 amide bonds. The molecule has 0 radical (unpaired) electrons. The van der Waals surface area contributed by atoms with Gasteiger partial charge in [0.05, 0.1) is 24.4 Å². The number of nitrogens with one attached hydrogen (secondary N) is 1. The third-order valence-electron chi connectivity index (χ3n) is 4.49. The Morgan fingerprint density at radius 2 is 2.23 bits per heavy atom. The maximum atomic E-state index is 12.7. The van der Waals surface area contributed by atoms with Crippen LogP contribution in [0.3, 0.4) is 0 Å². The van der Waals surface area contributed by atoms with Gasteiger partial charge in [0.1, 0.15) is 11.9 Å². The Hall–Kier alpha value is -1.73. The quantitative estimate of drug-likeness (QED) is 0.815. The van der Waals surface area contributed by atoms with Crippen LogP contribution < -0.4 is 11.3 Å². The smallest absolute Gasteiger partial charge is 0.251 e. The molecule has 0 unspecified atom stereocenters. The molecule has 3 N–H and O–H groups in total. The summed E-state index contributed by atoms with van der Waals surface area (Å²) in [4.78, 5) is 33.0. The van der Waals surface area contributed by atoms with Gasteiger partial charge < -0.3 is 20.4 Å². The predicted molar refractivity (Wildman–Crippen MR) is 80.3 cm³/mol. The van der Waals surface area contributed by atoms with Crippen LogP contribution in [0.1, 0.15) is 43.3 Å². The van der Waals surface area contributed by atoms with Gasteiger partial charge in [-0.05, 0) is 19.8 Å². The van der Waals surface area contributed by atoms with E-state index in [9.17, 15) is 9.59 Å². The summed E-state index contributed by atoms with van der Waals surface area (Å²) < 4.78 is 5.70. The number of aryl methyl sites for hydroxylation is 1. The summed E-state index contributed by atoms with van der Waals surface area (Å²) in [6.07, 6.45) is 3.13. The summed E-state index contributed by atoms with van der Waals surface area (Å²) in [7, 11) is 0. The number of morpholine rings is 1. The van der Waals surface area contributed by atoms with E-state index in [1.54, 1.807) is 11.8 Å². The van der Waals surface area contributed by atoms with Crippen molar-refractivity contribution in [1.82, 2.24) is 14.9 Å². The van der Waals surface area contributed by atoms with Gasteiger partial charge in [0.15, 0.2) is 0 Å². The van der Waals surface area contributed by atoms with E-state index in [4.69, 9.17) is 10.5 Å². The third kappa shape index (κ3) is 2.91. The zero-order chi connectivity index (χ0) is 15.7. The van der Waals surface area contributed by atoms with Crippen molar-refractivity contribution in [3.63, 3.8) is 0 Å². The van der Waals surface area contributed by atoms with Crippen LogP contribution in [-0.4, -0.2) is 46.0 Å². The van der Waals surface area contributed by atoms with Crippen LogP contribution in [0.2, 0.25) is 0 Å². The Kier molecular flexibility index (Phi) is 4.01. The summed E-state index contributed by atoms with van der Waals surface area (Å²) in [6.45, 7) is 3.09. The van der Waals surface area contributed by atoms with Gasteiger partial charge >= 0.3 is 0 Å². The topological polar surface area (TPSA) is 101 Å². The number of carbonyl (C=O) groups is 1. The monoisotopic (exact) mass is 306 g/mol. The second-order valence-electron chi connectivity index (χ2n) is 6.23. The summed E-state index contributed by atoms with van der Waals surface area (Å²) in [5, 5.41) is 0. The van der Waals surface area contributed by atoms with Crippen molar-refractivity contribution in [3.05, 3.63) is 27.9 Å². The molecular formula is C15H22N4O3. The number of aromatic amines is 1. The van der Waals surface area contributed by atoms with Gasteiger partial charge in [-0.25, -0.2) is 4.98 Å². The van der Waals surface area contributed by atoms with Crippen LogP contribution in [0, 0.1) is 6.92 Å². The van der Waals surface area contributed by atoms with E-state index < -0.39 is 5.54 Å². The summed E-state index contributed by atoms with van der Waals surface area (Å²) in [6, 6.07) is 1.43. The van der Waals surface area contributed by atoms with Gasteiger partial charge in [0.25, 0.3) is 5.56 Å². The van der Waals surface area contributed by atoms with Crippen LogP contribution in [0.4, 0.5) is 0 Å². The first-order valence-corrected chi connectivity index (χ1v) is 7.76. The SMILES string of the molecule is Cc1nc([C@@H]2CN(C(=O)C3(N)CCCC3)CCO2)cc(=O)[nH]1. The molecule has 1 atom stereocenters. The minimum absolute atomic E-state index is 0.000127. The molecule has 0 aromatic carbocycles. The summed E-state index contributed by atoms with van der Waals surface area (Å²) in [5.41, 5.74) is 5.90. The van der Waals surface area contributed by atoms with Crippen LogP contribution in [0.15, 0.2) is 10.9 Å². The van der Waals surface area contributed by atoms with E-state index in [-0.39, 0.29) is 17.6 Å². The third-order valence-corrected chi connectivity index (χ3v) is 4.49. The Bertz CT molecular complexity index is 621. The average molecular weight is 306 g/mol. The van der Waals surface area contributed by atoms with E-state index in [1.165, 1.54) is 6.07 Å². The molecule has 120 valence electrons. The van der Waals surface area contributed by atoms with Crippen molar-refractivity contribution < 1.29 is 9.53 Å². The number of aromatic nitrogens is 2. The van der Waals surface area contributed by atoms with Crippen molar-refractivity contribution in [1.29, 1.82) is 0 Å². The summed E-state index contributed by atoms with van der Waals surface area (Å²) in [5.74, 6) is 0.542. The molecule has 2 aliphatic rings. The van der Waals surface area contributed by atoms with E-state index >= 15 is 0 Å². The van der Waals surface area contributed by atoms with Crippen LogP contribution >= 0.6 is 0 Å². The molecule has 0 bridgehead atoms. The molecule has 1 saturated heterocycles. The lowest BCUT2D eigenvalue weighted by atomic mass is 9.96. The van der Waals surface area contributed by atoms with Crippen LogP contribution in [0.25, 0.3) is 0 Å². The highest BCUT2D eigenvalue weighted by molar-refractivity contribution is 5.86. The fourth-order valence-electron chi connectivity index (χ4n) is 3.31. The normalized spacial score (nSPS) is 24.5. The highest BCUT2D eigenvalue weighted by Gasteiger charge is 2.41. The number of H-pyrrole nitrogens is 1. The zero-order valence-corrected chi connectivity index (χ0v) is 12.8. The Morgan fingerprint density at radius 3 is 2.91 bits per heavy atom. The molecule has 2 heterocycles. The van der Waals surface area contributed by atoms with Crippen molar-refractivity contribution in [3.8, 4) is 0 Å². The first-order valence-electron chi connectivity index (χ1n) is 7.76. The van der Waals surface area contributed by atoms with Gasteiger partial charge in [-0.3, -0.25) is 9.59 Å². The van der Waals surface area contributed by atoms with E-state index in [0.29, 0.717) is 31.2 Å². The highest BCUT2D eigenvalue weighted by atomic mass is 16.5. The molecule has 1 aliphatic carbocycles. The second kappa shape index (κ2) is 5.81. The fourth-order valence-corrected chi connectivity index (χ4v) is 3.31. The first-order chi connectivity index (χ1) is 10.5. The Morgan fingerprint density at radius 1 is 1.50 bits per heavy atom. The summed E-state index contributed by atoms with van der Waals surface area (Å²) >= 11 is 0. The lowest BCUT2D eigenvalue weighted by Gasteiger charge is -2.37. The number of carbonyl (C=O) groups excluding carboxylic acids is 1. The molecular weight excluding hydrogens is 284 g/mol. The molecule has 1 aromatic heterocycles. The molecule has 1 aromatic rings. The minimum atomic E-state index is -0.723. The molecule has 3 rings (SSSR count). The van der Waals surface area contributed by atoms with E-state index in [1.807, 2.05) is 0 Å². The maximum absolute atomic E-state index is 12.7. The number of amides is 1. The van der Waals surface area contributed by atoms with Crippen molar-refractivity contribution in [2.45, 2.75) is 44.2 Å². The number of rotatable bonds is 2. The molecule has 7 nitrogen and oxygen atoms in total. The fraction of sp³-hybridized carbons (Fsp3) is 0.667. The van der Waals surface area contributed by atoms with E-state index in [2.05, 4.69) is 9.97 Å². The van der Waals surface area contributed by atoms with Gasteiger partial charge in [-0.15, -0.1) is 0 Å². The number of hydrogen-bond donors (Lipinski definition) is 2. The average Bonchev–Trinajstić information content (AvgIpc) is 2.94. The molecule has 22 heavy (non-hydrogen) atoms. The Labute approximate surface area is 128 Å². The molecule has 1 aliphatic heterocycles. The number of hydrogen-bond acceptors (Lipinski definition) is 5. The maximum Gasteiger partial charge on any atom is 0.251 e. The largest absolute Gasteiger partial charge is 0.368 e. The molecule has 1 saturated carbocycles. The van der Waals surface area contributed by atoms with Crippen molar-refractivity contribution in [2.75, 3.05) is 19.7 Å². The number of ether oxygens (including phenoxy) is 1. The lowest BCUT2D eigenvalue weighted by Crippen LogP contribution is -2.56.